The predicted molar refractivity (Wildman–Crippen MR) is 82.3 cm³/mol. The fourth-order valence-corrected chi connectivity index (χ4v) is 2.95. The van der Waals surface area contributed by atoms with Gasteiger partial charge in [-0.05, 0) is 43.3 Å². The smallest absolute Gasteiger partial charge is 0.136 e. The molecule has 0 spiro atoms. The van der Waals surface area contributed by atoms with Gasteiger partial charge in [0.2, 0.25) is 0 Å². The average molecular weight is 291 g/mol. The normalized spacial score (nSPS) is 12.3. The van der Waals surface area contributed by atoms with Crippen LogP contribution in [0.3, 0.4) is 0 Å². The molecule has 1 aromatic heterocycles. The molecular weight excluding hydrogens is 273 g/mol. The summed E-state index contributed by atoms with van der Waals surface area (Å²) in [6.45, 7) is 0. The number of likely N-dealkylation sites (N-methyl/N-ethyl adjacent to an activating group) is 1. The van der Waals surface area contributed by atoms with E-state index in [4.69, 9.17) is 5.73 Å². The van der Waals surface area contributed by atoms with Crippen LogP contribution in [-0.4, -0.2) is 23.8 Å². The van der Waals surface area contributed by atoms with Crippen LogP contribution in [0.15, 0.2) is 47.5 Å². The Morgan fingerprint density at radius 1 is 1.35 bits per heavy atom. The monoisotopic (exact) mass is 291 g/mol. The number of hydrogen-bond donors (Lipinski definition) is 2. The summed E-state index contributed by atoms with van der Waals surface area (Å²) in [7, 11) is 1.91. The van der Waals surface area contributed by atoms with Gasteiger partial charge in [0.05, 0.1) is 0 Å². The van der Waals surface area contributed by atoms with Crippen molar-refractivity contribution in [3.05, 3.63) is 54.0 Å². The van der Waals surface area contributed by atoms with Gasteiger partial charge in [-0.2, -0.15) is 0 Å². The van der Waals surface area contributed by atoms with Gasteiger partial charge in [0, 0.05) is 22.9 Å². The lowest BCUT2D eigenvalue weighted by Crippen LogP contribution is -2.30. The van der Waals surface area contributed by atoms with E-state index in [1.165, 1.54) is 17.8 Å². The van der Waals surface area contributed by atoms with E-state index in [1.807, 2.05) is 25.2 Å². The maximum atomic E-state index is 13.6. The third kappa shape index (κ3) is 4.21. The molecule has 0 aliphatic heterocycles. The van der Waals surface area contributed by atoms with E-state index in [-0.39, 0.29) is 11.9 Å². The molecule has 1 unspecified atom stereocenters. The van der Waals surface area contributed by atoms with Crippen LogP contribution in [0, 0.1) is 5.82 Å². The summed E-state index contributed by atoms with van der Waals surface area (Å²) < 4.78 is 13.6. The van der Waals surface area contributed by atoms with Gasteiger partial charge < -0.3 is 11.1 Å². The number of halogens is 1. The van der Waals surface area contributed by atoms with Crippen molar-refractivity contribution in [1.29, 1.82) is 0 Å². The van der Waals surface area contributed by atoms with Gasteiger partial charge in [-0.3, -0.25) is 0 Å². The lowest BCUT2D eigenvalue weighted by atomic mass is 10.1. The third-order valence-electron chi connectivity index (χ3n) is 3.01. The summed E-state index contributed by atoms with van der Waals surface area (Å²) in [6.07, 6.45) is 2.55. The Balaban J connectivity index is 1.94. The van der Waals surface area contributed by atoms with Crippen LogP contribution >= 0.6 is 11.8 Å². The first kappa shape index (κ1) is 14.8. The highest BCUT2D eigenvalue weighted by Gasteiger charge is 2.10. The van der Waals surface area contributed by atoms with Crippen LogP contribution < -0.4 is 11.1 Å². The first-order chi connectivity index (χ1) is 9.69. The molecule has 5 heteroatoms. The van der Waals surface area contributed by atoms with E-state index in [1.54, 1.807) is 18.3 Å². The number of pyridine rings is 1. The first-order valence-electron chi connectivity index (χ1n) is 6.44. The fourth-order valence-electron chi connectivity index (χ4n) is 1.90. The van der Waals surface area contributed by atoms with Gasteiger partial charge in [-0.15, -0.1) is 11.8 Å². The van der Waals surface area contributed by atoms with Crippen molar-refractivity contribution >= 4 is 17.6 Å². The molecular formula is C15H18FN3S. The largest absolute Gasteiger partial charge is 0.384 e. The second-order valence-electron chi connectivity index (χ2n) is 4.52. The molecule has 1 aromatic carbocycles. The standard InChI is InChI=1S/C15H18FN3S/c1-18-12(8-11-6-7-19-15(17)9-11)10-20-14-5-3-2-4-13(14)16/h2-7,9,12,18H,8,10H2,1H3,(H2,17,19). The zero-order valence-corrected chi connectivity index (χ0v) is 12.2. The van der Waals surface area contributed by atoms with Crippen LogP contribution in [0.1, 0.15) is 5.56 Å². The van der Waals surface area contributed by atoms with Crippen molar-refractivity contribution in [2.45, 2.75) is 17.4 Å². The zero-order valence-electron chi connectivity index (χ0n) is 11.3. The van der Waals surface area contributed by atoms with Gasteiger partial charge in [-0.1, -0.05) is 12.1 Å². The van der Waals surface area contributed by atoms with Crippen LogP contribution in [0.2, 0.25) is 0 Å². The molecule has 0 amide bonds. The summed E-state index contributed by atoms with van der Waals surface area (Å²) in [5.74, 6) is 1.15. The van der Waals surface area contributed by atoms with Gasteiger partial charge in [0.15, 0.2) is 0 Å². The predicted octanol–water partition coefficient (Wildman–Crippen LogP) is 2.73. The highest BCUT2D eigenvalue weighted by molar-refractivity contribution is 7.99. The van der Waals surface area contributed by atoms with Crippen LogP contribution in [0.25, 0.3) is 0 Å². The molecule has 20 heavy (non-hydrogen) atoms. The van der Waals surface area contributed by atoms with E-state index >= 15 is 0 Å². The van der Waals surface area contributed by atoms with Gasteiger partial charge in [0.25, 0.3) is 0 Å². The minimum Gasteiger partial charge on any atom is -0.384 e. The molecule has 0 aliphatic rings. The molecule has 1 heterocycles. The number of anilines is 1. The molecule has 2 aromatic rings. The molecule has 0 saturated carbocycles. The quantitative estimate of drug-likeness (QED) is 0.804. The van der Waals surface area contributed by atoms with E-state index < -0.39 is 0 Å². The molecule has 0 fully saturated rings. The van der Waals surface area contributed by atoms with Crippen molar-refractivity contribution in [3.8, 4) is 0 Å². The van der Waals surface area contributed by atoms with E-state index in [0.717, 1.165) is 17.7 Å². The number of nitrogen functional groups attached to an aromatic ring is 1. The number of nitrogens with two attached hydrogens (primary N) is 1. The third-order valence-corrected chi connectivity index (χ3v) is 4.22. The number of thioether (sulfide) groups is 1. The molecule has 0 radical (unpaired) electrons. The SMILES string of the molecule is CNC(CSc1ccccc1F)Cc1ccnc(N)c1. The van der Waals surface area contributed by atoms with Crippen LogP contribution in [0.5, 0.6) is 0 Å². The summed E-state index contributed by atoms with van der Waals surface area (Å²) in [4.78, 5) is 4.66. The van der Waals surface area contributed by atoms with Crippen molar-refractivity contribution in [2.75, 3.05) is 18.5 Å². The minimum atomic E-state index is -0.166. The number of hydrogen-bond acceptors (Lipinski definition) is 4. The number of rotatable bonds is 6. The molecule has 2 rings (SSSR count). The topological polar surface area (TPSA) is 50.9 Å². The number of benzene rings is 1. The van der Waals surface area contributed by atoms with Crippen molar-refractivity contribution in [1.82, 2.24) is 10.3 Å². The number of aromatic nitrogens is 1. The fraction of sp³-hybridized carbons (Fsp3) is 0.267. The van der Waals surface area contributed by atoms with Gasteiger partial charge in [0.1, 0.15) is 11.6 Å². The van der Waals surface area contributed by atoms with E-state index in [2.05, 4.69) is 10.3 Å². The maximum absolute atomic E-state index is 13.6. The van der Waals surface area contributed by atoms with Gasteiger partial charge in [-0.25, -0.2) is 9.37 Å². The molecule has 3 nitrogen and oxygen atoms in total. The highest BCUT2D eigenvalue weighted by atomic mass is 32.2. The molecule has 0 saturated heterocycles. The Bertz CT molecular complexity index is 562. The van der Waals surface area contributed by atoms with E-state index in [0.29, 0.717) is 10.7 Å². The van der Waals surface area contributed by atoms with E-state index in [9.17, 15) is 4.39 Å². The summed E-state index contributed by atoms with van der Waals surface area (Å²) in [5, 5.41) is 3.26. The lowest BCUT2D eigenvalue weighted by Gasteiger charge is -2.16. The van der Waals surface area contributed by atoms with Crippen LogP contribution in [0.4, 0.5) is 10.2 Å². The molecule has 1 atom stereocenters. The van der Waals surface area contributed by atoms with Crippen molar-refractivity contribution < 1.29 is 4.39 Å². The number of nitrogens with one attached hydrogen (secondary N) is 1. The van der Waals surface area contributed by atoms with Crippen molar-refractivity contribution in [2.24, 2.45) is 0 Å². The Labute approximate surface area is 122 Å². The Morgan fingerprint density at radius 2 is 2.15 bits per heavy atom. The summed E-state index contributed by atoms with van der Waals surface area (Å²) >= 11 is 1.52. The van der Waals surface area contributed by atoms with Gasteiger partial charge >= 0.3 is 0 Å². The molecule has 3 N–H and O–H groups in total. The Kier molecular flexibility index (Phi) is 5.38. The second kappa shape index (κ2) is 7.26. The lowest BCUT2D eigenvalue weighted by molar-refractivity contribution is 0.598. The van der Waals surface area contributed by atoms with Crippen molar-refractivity contribution in [3.63, 3.8) is 0 Å². The Hall–Kier alpha value is -1.59. The maximum Gasteiger partial charge on any atom is 0.136 e. The average Bonchev–Trinajstić information content (AvgIpc) is 2.45. The Morgan fingerprint density at radius 3 is 2.85 bits per heavy atom. The van der Waals surface area contributed by atoms with Crippen LogP contribution in [-0.2, 0) is 6.42 Å². The molecule has 0 aliphatic carbocycles. The first-order valence-corrected chi connectivity index (χ1v) is 7.42. The summed E-state index contributed by atoms with van der Waals surface area (Å²) in [6, 6.07) is 10.9. The highest BCUT2D eigenvalue weighted by Crippen LogP contribution is 2.22. The second-order valence-corrected chi connectivity index (χ2v) is 5.58. The molecule has 106 valence electrons. The minimum absolute atomic E-state index is 0.166. The zero-order chi connectivity index (χ0) is 14.4. The number of nitrogens with zero attached hydrogens (tertiary/aromatic N) is 1. The molecule has 0 bridgehead atoms. The summed E-state index contributed by atoms with van der Waals surface area (Å²) in [5.41, 5.74) is 6.80.